The summed E-state index contributed by atoms with van der Waals surface area (Å²) >= 11 is 0. The standard InChI is InChI=1S/C19H17N3O2/c1-13-15(8-5-10-20-13)17-9-11-21-18(17)16-7-4-3-6-14(16)12-22(24-2)19(21)23/h3-11H,12H2,1-2H3. The van der Waals surface area contributed by atoms with Crippen LogP contribution in [-0.4, -0.2) is 27.8 Å². The number of carbonyl (C=O) groups excluding carboxylic acids is 1. The molecule has 0 atom stereocenters. The van der Waals surface area contributed by atoms with Crippen LogP contribution >= 0.6 is 0 Å². The smallest absolute Gasteiger partial charge is 0.272 e. The van der Waals surface area contributed by atoms with E-state index in [0.717, 1.165) is 33.6 Å². The number of aryl methyl sites for hydroxylation is 1. The Balaban J connectivity index is 2.03. The van der Waals surface area contributed by atoms with Gasteiger partial charge in [-0.15, -0.1) is 0 Å². The number of nitrogens with zero attached hydrogens (tertiary/aromatic N) is 3. The molecule has 3 heterocycles. The van der Waals surface area contributed by atoms with Crippen LogP contribution in [0.2, 0.25) is 0 Å². The highest BCUT2D eigenvalue weighted by Crippen LogP contribution is 2.38. The predicted octanol–water partition coefficient (Wildman–Crippen LogP) is 3.87. The summed E-state index contributed by atoms with van der Waals surface area (Å²) in [5.41, 5.74) is 5.93. The zero-order valence-corrected chi connectivity index (χ0v) is 13.6. The van der Waals surface area contributed by atoms with Gasteiger partial charge in [-0.2, -0.15) is 5.06 Å². The van der Waals surface area contributed by atoms with E-state index in [1.54, 1.807) is 17.0 Å². The number of hydroxylamine groups is 2. The lowest BCUT2D eigenvalue weighted by atomic mass is 9.97. The maximum Gasteiger partial charge on any atom is 0.352 e. The molecule has 0 bridgehead atoms. The third-order valence-corrected chi connectivity index (χ3v) is 4.41. The van der Waals surface area contributed by atoms with Crippen LogP contribution in [0.3, 0.4) is 0 Å². The van der Waals surface area contributed by atoms with Gasteiger partial charge in [0.2, 0.25) is 0 Å². The molecule has 120 valence electrons. The average molecular weight is 319 g/mol. The predicted molar refractivity (Wildman–Crippen MR) is 91.2 cm³/mol. The van der Waals surface area contributed by atoms with E-state index < -0.39 is 0 Å². The number of pyridine rings is 1. The summed E-state index contributed by atoms with van der Waals surface area (Å²) in [5.74, 6) is 0. The molecule has 24 heavy (non-hydrogen) atoms. The Morgan fingerprint density at radius 2 is 1.83 bits per heavy atom. The highest BCUT2D eigenvalue weighted by atomic mass is 16.7. The molecule has 0 aliphatic carbocycles. The number of rotatable bonds is 2. The van der Waals surface area contributed by atoms with E-state index in [-0.39, 0.29) is 6.03 Å². The molecule has 0 radical (unpaired) electrons. The van der Waals surface area contributed by atoms with Crippen molar-refractivity contribution >= 4 is 6.03 Å². The molecule has 4 rings (SSSR count). The normalized spacial score (nSPS) is 13.4. The van der Waals surface area contributed by atoms with E-state index in [2.05, 4.69) is 4.98 Å². The van der Waals surface area contributed by atoms with Crippen LogP contribution in [0, 0.1) is 6.92 Å². The van der Waals surface area contributed by atoms with Crippen molar-refractivity contribution in [2.75, 3.05) is 7.11 Å². The molecule has 0 saturated heterocycles. The van der Waals surface area contributed by atoms with Gasteiger partial charge in [0.15, 0.2) is 0 Å². The number of carbonyl (C=O) groups is 1. The van der Waals surface area contributed by atoms with Crippen molar-refractivity contribution in [1.82, 2.24) is 14.6 Å². The highest BCUT2D eigenvalue weighted by molar-refractivity contribution is 5.92. The van der Waals surface area contributed by atoms with Crippen LogP contribution in [-0.2, 0) is 11.4 Å². The molecule has 1 aromatic carbocycles. The van der Waals surface area contributed by atoms with Crippen molar-refractivity contribution in [2.45, 2.75) is 13.5 Å². The summed E-state index contributed by atoms with van der Waals surface area (Å²) in [4.78, 5) is 22.5. The van der Waals surface area contributed by atoms with Crippen LogP contribution in [0.5, 0.6) is 0 Å². The SMILES string of the molecule is CON1Cc2ccccc2-c2c(-c3cccnc3C)ccn2C1=O. The number of aromatic nitrogens is 2. The van der Waals surface area contributed by atoms with Gasteiger partial charge in [0.05, 0.1) is 19.3 Å². The molecular formula is C19H17N3O2. The fourth-order valence-electron chi connectivity index (χ4n) is 3.23. The minimum absolute atomic E-state index is 0.198. The summed E-state index contributed by atoms with van der Waals surface area (Å²) in [5, 5.41) is 1.37. The van der Waals surface area contributed by atoms with Gasteiger partial charge in [0.25, 0.3) is 0 Å². The second kappa shape index (κ2) is 5.62. The lowest BCUT2D eigenvalue weighted by Gasteiger charge is -2.17. The molecule has 0 N–H and O–H groups in total. The van der Waals surface area contributed by atoms with Gasteiger partial charge in [0.1, 0.15) is 0 Å². The Bertz CT molecular complexity index is 930. The lowest BCUT2D eigenvalue weighted by Crippen LogP contribution is -2.31. The zero-order chi connectivity index (χ0) is 16.7. The first-order valence-electron chi connectivity index (χ1n) is 7.78. The number of fused-ring (bicyclic) bond motifs is 3. The minimum atomic E-state index is -0.198. The second-order valence-electron chi connectivity index (χ2n) is 5.74. The maximum absolute atomic E-state index is 12.8. The number of hydrogen-bond donors (Lipinski definition) is 0. The number of hydrogen-bond acceptors (Lipinski definition) is 3. The Labute approximate surface area is 140 Å². The van der Waals surface area contributed by atoms with Gasteiger partial charge >= 0.3 is 6.03 Å². The van der Waals surface area contributed by atoms with Crippen molar-refractivity contribution in [3.63, 3.8) is 0 Å². The highest BCUT2D eigenvalue weighted by Gasteiger charge is 2.28. The molecule has 3 aromatic rings. The van der Waals surface area contributed by atoms with E-state index in [1.807, 2.05) is 49.4 Å². The molecule has 1 amide bonds. The Morgan fingerprint density at radius 1 is 1.04 bits per heavy atom. The minimum Gasteiger partial charge on any atom is -0.272 e. The van der Waals surface area contributed by atoms with Crippen molar-refractivity contribution in [2.24, 2.45) is 0 Å². The summed E-state index contributed by atoms with van der Waals surface area (Å²) in [6, 6.07) is 13.8. The maximum atomic E-state index is 12.8. The number of benzene rings is 1. The van der Waals surface area contributed by atoms with E-state index in [1.165, 1.54) is 12.2 Å². The number of amides is 1. The van der Waals surface area contributed by atoms with Crippen molar-refractivity contribution < 1.29 is 9.63 Å². The fourth-order valence-corrected chi connectivity index (χ4v) is 3.23. The topological polar surface area (TPSA) is 47.4 Å². The zero-order valence-electron chi connectivity index (χ0n) is 13.6. The molecule has 1 aliphatic heterocycles. The largest absolute Gasteiger partial charge is 0.352 e. The molecule has 2 aromatic heterocycles. The molecule has 1 aliphatic rings. The molecule has 0 fully saturated rings. The molecule has 5 heteroatoms. The first kappa shape index (κ1) is 14.7. The van der Waals surface area contributed by atoms with Gasteiger partial charge in [-0.1, -0.05) is 30.3 Å². The van der Waals surface area contributed by atoms with Crippen molar-refractivity contribution in [3.8, 4) is 22.4 Å². The van der Waals surface area contributed by atoms with Gasteiger partial charge in [0, 0.05) is 34.8 Å². The molecule has 5 nitrogen and oxygen atoms in total. The van der Waals surface area contributed by atoms with E-state index in [9.17, 15) is 4.79 Å². The fraction of sp³-hybridized carbons (Fsp3) is 0.158. The summed E-state index contributed by atoms with van der Waals surface area (Å²) in [6.45, 7) is 2.39. The van der Waals surface area contributed by atoms with Crippen LogP contribution in [0.4, 0.5) is 4.79 Å². The van der Waals surface area contributed by atoms with E-state index >= 15 is 0 Å². The Morgan fingerprint density at radius 3 is 2.62 bits per heavy atom. The van der Waals surface area contributed by atoms with Gasteiger partial charge in [-0.05, 0) is 24.6 Å². The van der Waals surface area contributed by atoms with Crippen molar-refractivity contribution in [1.29, 1.82) is 0 Å². The van der Waals surface area contributed by atoms with Gasteiger partial charge in [-0.25, -0.2) is 4.79 Å². The summed E-state index contributed by atoms with van der Waals surface area (Å²) < 4.78 is 1.65. The lowest BCUT2D eigenvalue weighted by molar-refractivity contribution is -0.0920. The quantitative estimate of drug-likeness (QED) is 0.720. The first-order chi connectivity index (χ1) is 11.7. The monoisotopic (exact) mass is 319 g/mol. The molecule has 0 unspecified atom stereocenters. The summed E-state index contributed by atoms with van der Waals surface area (Å²) in [7, 11) is 1.52. The Kier molecular flexibility index (Phi) is 3.43. The van der Waals surface area contributed by atoms with Gasteiger partial charge in [-0.3, -0.25) is 14.4 Å². The van der Waals surface area contributed by atoms with E-state index in [4.69, 9.17) is 4.84 Å². The van der Waals surface area contributed by atoms with Gasteiger partial charge < -0.3 is 0 Å². The van der Waals surface area contributed by atoms with E-state index in [0.29, 0.717) is 6.54 Å². The molecular weight excluding hydrogens is 302 g/mol. The van der Waals surface area contributed by atoms with Crippen LogP contribution in [0.1, 0.15) is 11.3 Å². The average Bonchev–Trinajstić information content (AvgIpc) is 2.99. The van der Waals surface area contributed by atoms with Crippen LogP contribution in [0.15, 0.2) is 54.9 Å². The first-order valence-corrected chi connectivity index (χ1v) is 7.78. The molecule has 0 saturated carbocycles. The molecule has 0 spiro atoms. The summed E-state index contributed by atoms with van der Waals surface area (Å²) in [6.07, 6.45) is 3.58. The third-order valence-electron chi connectivity index (χ3n) is 4.41. The third kappa shape index (κ3) is 2.13. The second-order valence-corrected chi connectivity index (χ2v) is 5.74. The Hall–Kier alpha value is -2.92. The van der Waals surface area contributed by atoms with Crippen LogP contribution in [0.25, 0.3) is 22.4 Å². The van der Waals surface area contributed by atoms with Crippen LogP contribution < -0.4 is 0 Å². The van der Waals surface area contributed by atoms with Crippen molar-refractivity contribution in [3.05, 3.63) is 66.1 Å².